The number of benzene rings is 1. The fraction of sp³-hybridized carbons (Fsp3) is 0.480. The quantitative estimate of drug-likeness (QED) is 0.312. The molecular formula is C25H35ClN4O4. The minimum Gasteiger partial charge on any atom is -0.504 e. The Morgan fingerprint density at radius 2 is 1.97 bits per heavy atom. The summed E-state index contributed by atoms with van der Waals surface area (Å²) in [5.41, 5.74) is 8.97. The molecule has 186 valence electrons. The normalized spacial score (nSPS) is 13.0. The summed E-state index contributed by atoms with van der Waals surface area (Å²) in [7, 11) is 0. The van der Waals surface area contributed by atoms with Gasteiger partial charge in [-0.3, -0.25) is 10.2 Å². The Balaban J connectivity index is 0.00000408. The number of aryl methyl sites for hydroxylation is 1. The summed E-state index contributed by atoms with van der Waals surface area (Å²) < 4.78 is 5.80. The lowest BCUT2D eigenvalue weighted by Gasteiger charge is -2.24. The van der Waals surface area contributed by atoms with E-state index in [9.17, 15) is 15.0 Å². The Morgan fingerprint density at radius 3 is 2.59 bits per heavy atom. The van der Waals surface area contributed by atoms with Gasteiger partial charge in [-0.2, -0.15) is 0 Å². The van der Waals surface area contributed by atoms with Crippen molar-refractivity contribution in [3.63, 3.8) is 0 Å². The number of nitrogens with two attached hydrogens (primary N) is 1. The second-order valence-corrected chi connectivity index (χ2v) is 9.49. The van der Waals surface area contributed by atoms with E-state index in [2.05, 4.69) is 4.98 Å². The Bertz CT molecular complexity index is 1070. The highest BCUT2D eigenvalue weighted by Crippen LogP contribution is 2.39. The van der Waals surface area contributed by atoms with Crippen LogP contribution >= 0.6 is 12.4 Å². The predicted molar refractivity (Wildman–Crippen MR) is 134 cm³/mol. The molecule has 0 unspecified atom stereocenters. The molecule has 0 fully saturated rings. The molecule has 8 nitrogen and oxygen atoms in total. The largest absolute Gasteiger partial charge is 0.504 e. The predicted octanol–water partition coefficient (Wildman–Crippen LogP) is 3.45. The van der Waals surface area contributed by atoms with Gasteiger partial charge < -0.3 is 25.6 Å². The minimum absolute atomic E-state index is 0. The summed E-state index contributed by atoms with van der Waals surface area (Å²) in [4.78, 5) is 19.4. The molecule has 1 aromatic carbocycles. The van der Waals surface area contributed by atoms with Crippen molar-refractivity contribution < 1.29 is 19.7 Å². The van der Waals surface area contributed by atoms with Crippen LogP contribution in [-0.4, -0.2) is 51.4 Å². The number of carbonyl (C=O) groups excluding carboxylic acids is 1. The molecule has 1 aromatic heterocycles. The van der Waals surface area contributed by atoms with Crippen molar-refractivity contribution in [2.24, 2.45) is 5.73 Å². The molecule has 0 aliphatic carbocycles. The van der Waals surface area contributed by atoms with E-state index >= 15 is 0 Å². The van der Waals surface area contributed by atoms with Crippen LogP contribution in [0, 0.1) is 12.3 Å². The minimum atomic E-state index is -0.394. The number of aromatic hydroxyl groups is 1. The highest BCUT2D eigenvalue weighted by molar-refractivity contribution is 6.04. The number of aromatic nitrogens is 1. The maximum Gasteiger partial charge on any atom is 0.182 e. The first-order valence-corrected chi connectivity index (χ1v) is 11.2. The molecule has 0 saturated carbocycles. The van der Waals surface area contributed by atoms with Crippen LogP contribution in [0.4, 0.5) is 0 Å². The van der Waals surface area contributed by atoms with E-state index in [1.54, 1.807) is 24.0 Å². The van der Waals surface area contributed by atoms with Crippen molar-refractivity contribution in [3.8, 4) is 11.5 Å². The summed E-state index contributed by atoms with van der Waals surface area (Å²) in [6.07, 6.45) is 1.57. The summed E-state index contributed by atoms with van der Waals surface area (Å²) in [6, 6.07) is 5.14. The van der Waals surface area contributed by atoms with E-state index < -0.39 is 5.41 Å². The van der Waals surface area contributed by atoms with Gasteiger partial charge in [-0.15, -0.1) is 12.4 Å². The molecule has 1 aliphatic rings. The summed E-state index contributed by atoms with van der Waals surface area (Å²) >= 11 is 0. The standard InChI is InChI=1S/C25H34N4O4.ClH/c1-15-18(14-30)9-17-12-29(24(27)22(17)28-15)13-20(31)16-10-19(25(2,3)4)23(32)21(11-16)33-8-6-5-7-26;/h9-11,27,30,32H,5-8,12-14,26H2,1-4H3;1H. The van der Waals surface area contributed by atoms with Gasteiger partial charge in [-0.1, -0.05) is 20.8 Å². The fourth-order valence-electron chi connectivity index (χ4n) is 3.89. The topological polar surface area (TPSA) is 133 Å². The molecule has 5 N–H and O–H groups in total. The Hall–Kier alpha value is -2.68. The smallest absolute Gasteiger partial charge is 0.182 e. The zero-order chi connectivity index (χ0) is 24.3. The number of unbranched alkanes of at least 4 members (excludes halogenated alkanes) is 1. The first kappa shape index (κ1) is 27.6. The van der Waals surface area contributed by atoms with Crippen LogP contribution in [0.5, 0.6) is 11.5 Å². The van der Waals surface area contributed by atoms with Gasteiger partial charge in [0, 0.05) is 28.9 Å². The van der Waals surface area contributed by atoms with E-state index in [0.717, 1.165) is 24.0 Å². The number of phenols is 1. The molecule has 2 aromatic rings. The van der Waals surface area contributed by atoms with Crippen LogP contribution in [0.25, 0.3) is 0 Å². The van der Waals surface area contributed by atoms with Crippen LogP contribution < -0.4 is 10.5 Å². The monoisotopic (exact) mass is 490 g/mol. The number of fused-ring (bicyclic) bond motifs is 1. The molecule has 0 atom stereocenters. The zero-order valence-electron chi connectivity index (χ0n) is 20.3. The molecular weight excluding hydrogens is 456 g/mol. The van der Waals surface area contributed by atoms with Crippen LogP contribution in [0.1, 0.15) is 72.0 Å². The number of hydrogen-bond donors (Lipinski definition) is 4. The number of Topliss-reactive ketones (excluding diaryl/α,β-unsaturated/α-hetero) is 1. The molecule has 9 heteroatoms. The molecule has 0 spiro atoms. The molecule has 0 bridgehead atoms. The van der Waals surface area contributed by atoms with Gasteiger partial charge in [0.1, 0.15) is 11.5 Å². The number of rotatable bonds is 9. The summed E-state index contributed by atoms with van der Waals surface area (Å²) in [5, 5.41) is 28.8. The average Bonchev–Trinajstić information content (AvgIpc) is 3.05. The fourth-order valence-corrected chi connectivity index (χ4v) is 3.89. The molecule has 3 rings (SSSR count). The number of carbonyl (C=O) groups is 1. The van der Waals surface area contributed by atoms with Crippen molar-refractivity contribution in [2.45, 2.75) is 59.1 Å². The second kappa shape index (κ2) is 11.2. The van der Waals surface area contributed by atoms with Gasteiger partial charge >= 0.3 is 0 Å². The molecule has 0 amide bonds. The van der Waals surface area contributed by atoms with E-state index in [4.69, 9.17) is 15.9 Å². The zero-order valence-corrected chi connectivity index (χ0v) is 21.1. The number of amidine groups is 1. The van der Waals surface area contributed by atoms with Gasteiger partial charge in [0.2, 0.25) is 0 Å². The van der Waals surface area contributed by atoms with Crippen molar-refractivity contribution in [2.75, 3.05) is 19.7 Å². The molecule has 0 saturated heterocycles. The van der Waals surface area contributed by atoms with Gasteiger partial charge in [-0.25, -0.2) is 4.98 Å². The highest BCUT2D eigenvalue weighted by atomic mass is 35.5. The number of ketones is 1. The Morgan fingerprint density at radius 1 is 1.26 bits per heavy atom. The third-order valence-corrected chi connectivity index (χ3v) is 5.86. The number of nitrogens with zero attached hydrogens (tertiary/aromatic N) is 2. The lowest BCUT2D eigenvalue weighted by Crippen LogP contribution is -2.30. The molecule has 34 heavy (non-hydrogen) atoms. The third-order valence-electron chi connectivity index (χ3n) is 5.86. The number of hydrogen-bond acceptors (Lipinski definition) is 7. The first-order chi connectivity index (χ1) is 15.6. The van der Waals surface area contributed by atoms with E-state index in [0.29, 0.717) is 42.2 Å². The highest BCUT2D eigenvalue weighted by Gasteiger charge is 2.30. The van der Waals surface area contributed by atoms with E-state index in [1.165, 1.54) is 0 Å². The number of aliphatic hydroxyl groups excluding tert-OH is 1. The summed E-state index contributed by atoms with van der Waals surface area (Å²) in [6.45, 7) is 8.93. The average molecular weight is 491 g/mol. The maximum atomic E-state index is 13.3. The van der Waals surface area contributed by atoms with Crippen molar-refractivity contribution in [3.05, 3.63) is 51.8 Å². The second-order valence-electron chi connectivity index (χ2n) is 9.49. The first-order valence-electron chi connectivity index (χ1n) is 11.2. The number of aliphatic hydroxyl groups is 1. The van der Waals surface area contributed by atoms with Gasteiger partial charge in [-0.05, 0) is 55.5 Å². The van der Waals surface area contributed by atoms with E-state index in [1.807, 2.05) is 26.8 Å². The third kappa shape index (κ3) is 5.87. The molecule has 0 radical (unpaired) electrons. The molecule has 2 heterocycles. The Kier molecular flexibility index (Phi) is 9.05. The number of pyridine rings is 1. The number of halogens is 1. The summed E-state index contributed by atoms with van der Waals surface area (Å²) in [5.74, 6) is 0.347. The lowest BCUT2D eigenvalue weighted by atomic mass is 9.84. The molecule has 1 aliphatic heterocycles. The van der Waals surface area contributed by atoms with Gasteiger partial charge in [0.25, 0.3) is 0 Å². The van der Waals surface area contributed by atoms with Crippen LogP contribution in [0.2, 0.25) is 0 Å². The lowest BCUT2D eigenvalue weighted by molar-refractivity contribution is 0.0962. The number of phenolic OH excluding ortho intramolecular Hbond substituents is 1. The van der Waals surface area contributed by atoms with Crippen LogP contribution in [0.15, 0.2) is 18.2 Å². The van der Waals surface area contributed by atoms with Gasteiger partial charge in [0.15, 0.2) is 17.3 Å². The van der Waals surface area contributed by atoms with Crippen molar-refractivity contribution in [1.29, 1.82) is 5.41 Å². The number of nitrogens with one attached hydrogen (secondary N) is 1. The SMILES string of the molecule is Cc1nc2c(cc1CO)CN(CC(=O)c1cc(OCCCCN)c(O)c(C(C)(C)C)c1)C2=N.Cl. The van der Waals surface area contributed by atoms with Crippen molar-refractivity contribution in [1.82, 2.24) is 9.88 Å². The maximum absolute atomic E-state index is 13.3. The van der Waals surface area contributed by atoms with Gasteiger partial charge in [0.05, 0.1) is 19.8 Å². The number of ether oxygens (including phenoxy) is 1. The Labute approximate surface area is 207 Å². The van der Waals surface area contributed by atoms with E-state index in [-0.39, 0.29) is 48.7 Å². The van der Waals surface area contributed by atoms with Crippen LogP contribution in [-0.2, 0) is 18.6 Å². The van der Waals surface area contributed by atoms with Crippen LogP contribution in [0.3, 0.4) is 0 Å². The van der Waals surface area contributed by atoms with Crippen molar-refractivity contribution >= 4 is 24.0 Å².